The summed E-state index contributed by atoms with van der Waals surface area (Å²) in [4.78, 5) is 103. The Balaban J connectivity index is 2.36. The van der Waals surface area contributed by atoms with Crippen LogP contribution in [-0.4, -0.2) is 100 Å². The second-order valence-electron chi connectivity index (χ2n) is 14.5. The summed E-state index contributed by atoms with van der Waals surface area (Å²) in [6, 6.07) is -1.63. The number of aliphatic carboxylic acids is 1. The Labute approximate surface area is 337 Å². The number of amides is 7. The lowest BCUT2D eigenvalue weighted by Gasteiger charge is -2.29. The van der Waals surface area contributed by atoms with Crippen molar-refractivity contribution in [2.45, 2.75) is 96.6 Å². The Bertz CT molecular complexity index is 1840. The molecule has 0 aromatic heterocycles. The van der Waals surface area contributed by atoms with Gasteiger partial charge < -0.3 is 53.6 Å². The van der Waals surface area contributed by atoms with Gasteiger partial charge in [-0.1, -0.05) is 39.8 Å². The quantitative estimate of drug-likeness (QED) is 0.0652. The highest BCUT2D eigenvalue weighted by Gasteiger charge is 2.34. The topological polar surface area (TPSA) is 301 Å². The second kappa shape index (κ2) is 22.6. The summed E-state index contributed by atoms with van der Waals surface area (Å²) in [6.07, 6.45) is -1.94. The van der Waals surface area contributed by atoms with E-state index in [2.05, 4.69) is 31.9 Å². The average molecular weight is 837 g/mol. The number of rotatable bonds is 22. The molecule has 6 atom stereocenters. The first kappa shape index (κ1) is 48.9. The molecule has 0 aliphatic heterocycles. The highest BCUT2D eigenvalue weighted by atomic mass is 19.2. The van der Waals surface area contributed by atoms with Crippen LogP contribution in [0.1, 0.15) is 58.6 Å². The molecule has 0 saturated heterocycles. The minimum Gasteiger partial charge on any atom is -0.508 e. The Morgan fingerprint density at radius 2 is 1.15 bits per heavy atom. The van der Waals surface area contributed by atoms with Gasteiger partial charge in [0.15, 0.2) is 17.5 Å². The molecule has 18 nitrogen and oxygen atoms in total. The largest absolute Gasteiger partial charge is 0.508 e. The van der Waals surface area contributed by atoms with Gasteiger partial charge >= 0.3 is 5.97 Å². The lowest BCUT2D eigenvalue weighted by atomic mass is 9.98. The number of nitrogens with two attached hydrogens (primary N) is 2. The fraction of sp³-hybridized carbons (Fsp3) is 0.474. The summed E-state index contributed by atoms with van der Waals surface area (Å²) in [6.45, 7) is 7.01. The van der Waals surface area contributed by atoms with Crippen molar-refractivity contribution >= 4 is 47.3 Å². The SMILES string of the molecule is CC(C)[C@H](NC(=O)[C@H](CCC(=O)O)NC(=O)[C@H](Cc1cc(F)c(F)c(F)c1)NC(=O)[C@@H](C)NC(=O)[C@@H](N)Cc1ccc(O)cc1)C(=O)N[C@H](C(=O)NCC(N)=O)C(C)C. The summed E-state index contributed by atoms with van der Waals surface area (Å²) in [7, 11) is 0. The maximum Gasteiger partial charge on any atom is 0.303 e. The van der Waals surface area contributed by atoms with Gasteiger partial charge in [-0.15, -0.1) is 0 Å². The van der Waals surface area contributed by atoms with Gasteiger partial charge in [-0.2, -0.15) is 0 Å². The van der Waals surface area contributed by atoms with Gasteiger partial charge in [-0.05, 0) is 67.0 Å². The van der Waals surface area contributed by atoms with Crippen LogP contribution in [0.15, 0.2) is 36.4 Å². The van der Waals surface area contributed by atoms with Crippen LogP contribution in [0.2, 0.25) is 0 Å². The predicted molar refractivity (Wildman–Crippen MR) is 204 cm³/mol. The van der Waals surface area contributed by atoms with E-state index in [-0.39, 0.29) is 17.7 Å². The first-order valence-corrected chi connectivity index (χ1v) is 18.5. The molecular formula is C38H51F3N8O10. The number of phenols is 1. The minimum absolute atomic E-state index is 0.0108. The van der Waals surface area contributed by atoms with Crippen LogP contribution < -0.4 is 43.4 Å². The highest BCUT2D eigenvalue weighted by molar-refractivity contribution is 5.97. The molecule has 0 saturated carbocycles. The lowest BCUT2D eigenvalue weighted by Crippen LogP contribution is -2.61. The summed E-state index contributed by atoms with van der Waals surface area (Å²) in [5, 5.41) is 33.1. The Morgan fingerprint density at radius 1 is 0.644 bits per heavy atom. The van der Waals surface area contributed by atoms with Crippen LogP contribution in [0.5, 0.6) is 5.75 Å². The fourth-order valence-electron chi connectivity index (χ4n) is 5.49. The van der Waals surface area contributed by atoms with Gasteiger partial charge in [-0.25, -0.2) is 13.2 Å². The molecule has 0 fully saturated rings. The number of aromatic hydroxyl groups is 1. The number of primary amides is 1. The van der Waals surface area contributed by atoms with Crippen molar-refractivity contribution in [3.05, 3.63) is 65.0 Å². The lowest BCUT2D eigenvalue weighted by molar-refractivity contribution is -0.139. The van der Waals surface area contributed by atoms with Gasteiger partial charge in [0.1, 0.15) is 36.0 Å². The molecule has 0 unspecified atom stereocenters. The van der Waals surface area contributed by atoms with Crippen LogP contribution >= 0.6 is 0 Å². The van der Waals surface area contributed by atoms with Gasteiger partial charge in [0.05, 0.1) is 12.6 Å². The number of nitrogens with one attached hydrogen (secondary N) is 6. The molecule has 324 valence electrons. The number of carbonyl (C=O) groups is 8. The van der Waals surface area contributed by atoms with E-state index >= 15 is 0 Å². The van der Waals surface area contributed by atoms with Gasteiger partial charge in [0, 0.05) is 12.8 Å². The first-order valence-electron chi connectivity index (χ1n) is 18.5. The number of halogens is 3. The van der Waals surface area contributed by atoms with Crippen LogP contribution in [0.4, 0.5) is 13.2 Å². The third-order valence-corrected chi connectivity index (χ3v) is 8.81. The zero-order valence-electron chi connectivity index (χ0n) is 33.1. The number of hydrogen-bond donors (Lipinski definition) is 10. The van der Waals surface area contributed by atoms with Crippen molar-refractivity contribution < 1.29 is 61.7 Å². The van der Waals surface area contributed by atoms with Crippen molar-refractivity contribution in [3.63, 3.8) is 0 Å². The molecule has 7 amide bonds. The average Bonchev–Trinajstić information content (AvgIpc) is 3.15. The van der Waals surface area contributed by atoms with E-state index in [4.69, 9.17) is 11.5 Å². The van der Waals surface area contributed by atoms with Gasteiger partial charge in [0.2, 0.25) is 41.4 Å². The monoisotopic (exact) mass is 836 g/mol. The third-order valence-electron chi connectivity index (χ3n) is 8.81. The normalized spacial score (nSPS) is 14.2. The summed E-state index contributed by atoms with van der Waals surface area (Å²) in [5.74, 6) is -14.1. The maximum atomic E-state index is 14.2. The number of hydrogen-bond acceptors (Lipinski definition) is 10. The number of carboxylic acid groups (broad SMARTS) is 1. The molecule has 21 heteroatoms. The summed E-state index contributed by atoms with van der Waals surface area (Å²) >= 11 is 0. The van der Waals surface area contributed by atoms with Gasteiger partial charge in [0.25, 0.3) is 0 Å². The summed E-state index contributed by atoms with van der Waals surface area (Å²) in [5.41, 5.74) is 11.3. The van der Waals surface area contributed by atoms with Gasteiger partial charge in [-0.3, -0.25) is 38.4 Å². The van der Waals surface area contributed by atoms with Crippen molar-refractivity contribution in [1.29, 1.82) is 0 Å². The van der Waals surface area contributed by atoms with Crippen LogP contribution in [0.3, 0.4) is 0 Å². The molecule has 59 heavy (non-hydrogen) atoms. The molecule has 2 aromatic rings. The van der Waals surface area contributed by atoms with E-state index in [1.54, 1.807) is 27.7 Å². The Kier molecular flexibility index (Phi) is 18.8. The Hall–Kier alpha value is -6.25. The predicted octanol–water partition coefficient (Wildman–Crippen LogP) is -0.856. The van der Waals surface area contributed by atoms with Crippen LogP contribution in [0.25, 0.3) is 0 Å². The zero-order valence-corrected chi connectivity index (χ0v) is 33.1. The molecule has 12 N–H and O–H groups in total. The standard InChI is InChI=1S/C38H51F3N8O10/c1-17(2)31(37(58)44-16-28(43)51)49-38(59)32(18(3)4)48-35(56)26(10-11-29(52)53)46-36(57)27(15-21-12-23(39)30(41)24(40)13-21)47-33(54)19(5)45-34(55)25(42)14-20-6-8-22(50)9-7-20/h6-9,12-13,17-19,25-27,31-32,50H,10-11,14-16,42H2,1-5H3,(H2,43,51)(H,44,58)(H,45,55)(H,46,57)(H,47,54)(H,48,56)(H,49,59)(H,52,53)/t19-,25+,26+,27+,31+,32+/m1/s1. The zero-order chi connectivity index (χ0) is 44.7. The molecule has 2 aromatic carbocycles. The number of carbonyl (C=O) groups excluding carboxylic acids is 7. The highest BCUT2D eigenvalue weighted by Crippen LogP contribution is 2.16. The first-order chi connectivity index (χ1) is 27.5. The summed E-state index contributed by atoms with van der Waals surface area (Å²) < 4.78 is 42.2. The second-order valence-corrected chi connectivity index (χ2v) is 14.5. The van der Waals surface area contributed by atoms with E-state index < -0.39 is 139 Å². The van der Waals surface area contributed by atoms with Crippen molar-refractivity contribution in [2.24, 2.45) is 23.3 Å². The molecule has 0 radical (unpaired) electrons. The third kappa shape index (κ3) is 15.9. The van der Waals surface area contributed by atoms with Crippen molar-refractivity contribution in [2.75, 3.05) is 6.54 Å². The molecule has 2 rings (SSSR count). The number of benzene rings is 2. The molecule has 0 aliphatic carbocycles. The maximum absolute atomic E-state index is 14.2. The molecule has 0 spiro atoms. The molecule has 0 aliphatic rings. The van der Waals surface area contributed by atoms with Crippen LogP contribution in [0, 0.1) is 29.3 Å². The van der Waals surface area contributed by atoms with Crippen LogP contribution in [-0.2, 0) is 51.2 Å². The van der Waals surface area contributed by atoms with E-state index in [0.29, 0.717) is 17.7 Å². The molecule has 0 bridgehead atoms. The van der Waals surface area contributed by atoms with E-state index in [1.807, 2.05) is 0 Å². The minimum atomic E-state index is -1.81. The number of carboxylic acids is 1. The Morgan fingerprint density at radius 3 is 1.68 bits per heavy atom. The van der Waals surface area contributed by atoms with E-state index in [9.17, 15) is 61.7 Å². The molecule has 0 heterocycles. The van der Waals surface area contributed by atoms with E-state index in [0.717, 1.165) is 0 Å². The fourth-order valence-corrected chi connectivity index (χ4v) is 5.49. The van der Waals surface area contributed by atoms with E-state index in [1.165, 1.54) is 31.2 Å². The van der Waals surface area contributed by atoms with Crippen molar-refractivity contribution in [3.8, 4) is 5.75 Å². The smallest absolute Gasteiger partial charge is 0.303 e. The molecular weight excluding hydrogens is 785 g/mol. The number of phenolic OH excluding ortho intramolecular Hbond substituents is 1. The van der Waals surface area contributed by atoms with Crippen molar-refractivity contribution in [1.82, 2.24) is 31.9 Å².